The third kappa shape index (κ3) is 10.6. The first-order valence-corrected chi connectivity index (χ1v) is 17.2. The number of fused-ring (bicyclic) bond motifs is 2. The molecule has 0 amide bonds. The molecule has 2 unspecified atom stereocenters. The number of hydrogen-bond acceptors (Lipinski definition) is 6. The maximum absolute atomic E-state index is 12.4. The van der Waals surface area contributed by atoms with Crippen LogP contribution in [0.25, 0.3) is 21.5 Å². The first-order chi connectivity index (χ1) is 21.6. The van der Waals surface area contributed by atoms with Crippen molar-refractivity contribution in [2.45, 2.75) is 137 Å². The molecule has 0 heterocycles. The lowest BCUT2D eigenvalue weighted by atomic mass is 9.81. The second kappa shape index (κ2) is 18.0. The van der Waals surface area contributed by atoms with E-state index in [1.807, 2.05) is 38.1 Å². The quantitative estimate of drug-likeness (QED) is 0.0711. The van der Waals surface area contributed by atoms with E-state index in [0.29, 0.717) is 12.8 Å². The van der Waals surface area contributed by atoms with Gasteiger partial charge in [0, 0.05) is 34.4 Å². The molecule has 6 nitrogen and oxygen atoms in total. The van der Waals surface area contributed by atoms with Gasteiger partial charge in [-0.2, -0.15) is 0 Å². The normalized spacial score (nSPS) is 13.0. The van der Waals surface area contributed by atoms with Gasteiger partial charge in [-0.15, -0.1) is 0 Å². The van der Waals surface area contributed by atoms with E-state index in [1.54, 1.807) is 0 Å². The number of benzene rings is 3. The van der Waals surface area contributed by atoms with Crippen molar-refractivity contribution in [1.29, 1.82) is 0 Å². The Kier molecular flexibility index (Phi) is 14.5. The van der Waals surface area contributed by atoms with E-state index in [9.17, 15) is 9.59 Å². The fourth-order valence-electron chi connectivity index (χ4n) is 5.46. The molecule has 3 rings (SSSR count). The molecule has 0 saturated carbocycles. The van der Waals surface area contributed by atoms with Crippen molar-refractivity contribution in [2.24, 2.45) is 0 Å². The summed E-state index contributed by atoms with van der Waals surface area (Å²) in [6.45, 7) is 15.2. The molecule has 0 saturated heterocycles. The summed E-state index contributed by atoms with van der Waals surface area (Å²) in [5, 5.41) is 3.71. The van der Waals surface area contributed by atoms with Crippen LogP contribution in [0, 0.1) is 0 Å². The van der Waals surface area contributed by atoms with E-state index in [-0.39, 0.29) is 42.8 Å². The molecule has 0 radical (unpaired) electrons. The van der Waals surface area contributed by atoms with Crippen LogP contribution in [0.1, 0.15) is 125 Å². The number of hydrogen-bond donors (Lipinski definition) is 0. The number of rotatable bonds is 20. The summed E-state index contributed by atoms with van der Waals surface area (Å²) in [5.41, 5.74) is 1.18. The van der Waals surface area contributed by atoms with E-state index in [4.69, 9.17) is 18.9 Å². The van der Waals surface area contributed by atoms with Crippen LogP contribution in [-0.2, 0) is 24.5 Å². The monoisotopic (exact) mass is 620 g/mol. The zero-order valence-electron chi connectivity index (χ0n) is 28.8. The molecule has 0 spiro atoms. The average Bonchev–Trinajstić information content (AvgIpc) is 3.02. The van der Waals surface area contributed by atoms with Crippen LogP contribution < -0.4 is 9.47 Å². The molecule has 0 N–H and O–H groups in total. The van der Waals surface area contributed by atoms with Crippen molar-refractivity contribution in [2.75, 3.05) is 13.2 Å². The Morgan fingerprint density at radius 1 is 0.644 bits per heavy atom. The summed E-state index contributed by atoms with van der Waals surface area (Å²) in [4.78, 5) is 24.8. The van der Waals surface area contributed by atoms with E-state index in [0.717, 1.165) is 90.8 Å². The third-order valence-electron chi connectivity index (χ3n) is 8.65. The van der Waals surface area contributed by atoms with Crippen LogP contribution in [0.4, 0.5) is 0 Å². The first kappa shape index (κ1) is 36.2. The van der Waals surface area contributed by atoms with Crippen molar-refractivity contribution >= 4 is 33.5 Å². The zero-order chi connectivity index (χ0) is 32.8. The van der Waals surface area contributed by atoms with Crippen LogP contribution in [-0.4, -0.2) is 37.4 Å². The highest BCUT2D eigenvalue weighted by atomic mass is 16.6. The molecule has 45 heavy (non-hydrogen) atoms. The van der Waals surface area contributed by atoms with Crippen molar-refractivity contribution < 1.29 is 28.5 Å². The summed E-state index contributed by atoms with van der Waals surface area (Å²) < 4.78 is 24.4. The smallest absolute Gasteiger partial charge is 0.306 e. The zero-order valence-corrected chi connectivity index (χ0v) is 28.8. The fraction of sp³-hybridized carbons (Fsp3) is 0.590. The lowest BCUT2D eigenvalue weighted by Gasteiger charge is -2.26. The fourth-order valence-corrected chi connectivity index (χ4v) is 5.46. The van der Waals surface area contributed by atoms with Crippen LogP contribution >= 0.6 is 0 Å². The van der Waals surface area contributed by atoms with Gasteiger partial charge in [0.05, 0.1) is 0 Å². The summed E-state index contributed by atoms with van der Waals surface area (Å²) in [6.07, 6.45) is 9.39. The molecule has 3 aromatic rings. The molecular weight excluding hydrogens is 564 g/mol. The Labute approximate surface area is 271 Å². The Balaban J connectivity index is 1.89. The molecule has 6 heteroatoms. The van der Waals surface area contributed by atoms with Gasteiger partial charge in [0.25, 0.3) is 0 Å². The van der Waals surface area contributed by atoms with Crippen LogP contribution in [0.3, 0.4) is 0 Å². The van der Waals surface area contributed by atoms with Crippen LogP contribution in [0.2, 0.25) is 0 Å². The maximum atomic E-state index is 12.4. The highest BCUT2D eigenvalue weighted by Crippen LogP contribution is 2.44. The first-order valence-electron chi connectivity index (χ1n) is 17.2. The molecule has 2 atom stereocenters. The predicted molar refractivity (Wildman–Crippen MR) is 184 cm³/mol. The Morgan fingerprint density at radius 2 is 1.11 bits per heavy atom. The lowest BCUT2D eigenvalue weighted by Crippen LogP contribution is -2.22. The second-order valence-electron chi connectivity index (χ2n) is 13.0. The van der Waals surface area contributed by atoms with Gasteiger partial charge >= 0.3 is 11.9 Å². The molecule has 248 valence electrons. The van der Waals surface area contributed by atoms with E-state index in [1.165, 1.54) is 5.56 Å². The van der Waals surface area contributed by atoms with Gasteiger partial charge in [-0.1, -0.05) is 110 Å². The van der Waals surface area contributed by atoms with Gasteiger partial charge in [-0.25, -0.2) is 0 Å². The number of unbranched alkanes of at least 4 members (excludes halogenated alkanes) is 6. The standard InChI is InChI=1S/C39H56O6/c1-8-11-13-15-21-35(40)44-28(4)26-42-37-31-19-17-18-20-32(31)38(34-25-30(23-24-33(34)37)39(6,7)10-3)43-27-29(5)45-36(41)22-16-14-12-9-2/h17-20,23-25,28-29H,8-16,21-22,26-27H2,1-7H3. The van der Waals surface area contributed by atoms with E-state index < -0.39 is 0 Å². The van der Waals surface area contributed by atoms with Gasteiger partial charge in [0.1, 0.15) is 36.9 Å². The molecule has 0 fully saturated rings. The Hall–Kier alpha value is -3.28. The van der Waals surface area contributed by atoms with Crippen LogP contribution in [0.15, 0.2) is 42.5 Å². The minimum atomic E-state index is -0.388. The minimum Gasteiger partial charge on any atom is -0.488 e. The summed E-state index contributed by atoms with van der Waals surface area (Å²) in [7, 11) is 0. The highest BCUT2D eigenvalue weighted by Gasteiger charge is 2.23. The van der Waals surface area contributed by atoms with Gasteiger partial charge in [-0.3, -0.25) is 9.59 Å². The molecule has 0 aromatic heterocycles. The van der Waals surface area contributed by atoms with Crippen molar-refractivity contribution in [3.05, 3.63) is 48.0 Å². The molecular formula is C39H56O6. The SMILES string of the molecule is CCCCCCC(=O)OC(C)COc1c2ccccc2c(OCC(C)OC(=O)CCCCCC)c2cc(C(C)(C)CC)ccc12. The Morgan fingerprint density at radius 3 is 1.58 bits per heavy atom. The van der Waals surface area contributed by atoms with Crippen molar-refractivity contribution in [1.82, 2.24) is 0 Å². The van der Waals surface area contributed by atoms with Gasteiger partial charge in [0.2, 0.25) is 0 Å². The Bertz CT molecular complexity index is 1380. The molecule has 3 aromatic carbocycles. The minimum absolute atomic E-state index is 0.0292. The predicted octanol–water partition coefficient (Wildman–Crippen LogP) is 10.2. The van der Waals surface area contributed by atoms with Crippen molar-refractivity contribution in [3.63, 3.8) is 0 Å². The maximum Gasteiger partial charge on any atom is 0.306 e. The average molecular weight is 621 g/mol. The number of ether oxygens (including phenoxy) is 4. The second-order valence-corrected chi connectivity index (χ2v) is 13.0. The molecule has 0 aliphatic rings. The largest absolute Gasteiger partial charge is 0.488 e. The number of carbonyl (C=O) groups is 2. The number of carbonyl (C=O) groups excluding carboxylic acids is 2. The number of esters is 2. The summed E-state index contributed by atoms with van der Waals surface area (Å²) in [5.74, 6) is 1.14. The van der Waals surface area contributed by atoms with Gasteiger partial charge in [-0.05, 0) is 50.2 Å². The van der Waals surface area contributed by atoms with E-state index in [2.05, 4.69) is 52.8 Å². The molecule has 0 aliphatic carbocycles. The van der Waals surface area contributed by atoms with Gasteiger partial charge in [0.15, 0.2) is 0 Å². The van der Waals surface area contributed by atoms with Crippen molar-refractivity contribution in [3.8, 4) is 11.5 Å². The molecule has 0 bridgehead atoms. The lowest BCUT2D eigenvalue weighted by molar-refractivity contribution is -0.150. The van der Waals surface area contributed by atoms with E-state index >= 15 is 0 Å². The third-order valence-corrected chi connectivity index (χ3v) is 8.65. The highest BCUT2D eigenvalue weighted by molar-refractivity contribution is 6.11. The molecule has 0 aliphatic heterocycles. The topological polar surface area (TPSA) is 71.1 Å². The van der Waals surface area contributed by atoms with Crippen LogP contribution in [0.5, 0.6) is 11.5 Å². The van der Waals surface area contributed by atoms with Gasteiger partial charge < -0.3 is 18.9 Å². The summed E-state index contributed by atoms with van der Waals surface area (Å²) in [6, 6.07) is 14.5. The summed E-state index contributed by atoms with van der Waals surface area (Å²) >= 11 is 0.